The van der Waals surface area contributed by atoms with E-state index >= 15 is 0 Å². The van der Waals surface area contributed by atoms with Crippen molar-refractivity contribution >= 4 is 23.4 Å². The fraction of sp³-hybridized carbons (Fsp3) is 0.0667. The first-order chi connectivity index (χ1) is 10.5. The van der Waals surface area contributed by atoms with E-state index in [1.165, 1.54) is 12.1 Å². The van der Waals surface area contributed by atoms with Gasteiger partial charge in [-0.1, -0.05) is 11.6 Å². The molecule has 2 aromatic rings. The molecule has 2 aromatic carbocycles. The molecule has 5 nitrogen and oxygen atoms in total. The van der Waals surface area contributed by atoms with Crippen LogP contribution in [0.15, 0.2) is 48.5 Å². The molecular weight excluding hydrogens is 311 g/mol. The highest BCUT2D eigenvalue weighted by atomic mass is 35.5. The van der Waals surface area contributed by atoms with E-state index in [4.69, 9.17) is 16.3 Å². The minimum atomic E-state index is -0.556. The van der Waals surface area contributed by atoms with Crippen molar-refractivity contribution in [3.63, 3.8) is 0 Å². The van der Waals surface area contributed by atoms with Crippen molar-refractivity contribution in [2.45, 2.75) is 0 Å². The molecule has 0 aliphatic rings. The van der Waals surface area contributed by atoms with Gasteiger partial charge in [0.15, 0.2) is 6.61 Å². The molecule has 0 radical (unpaired) electrons. The van der Waals surface area contributed by atoms with Gasteiger partial charge in [0, 0.05) is 10.6 Å². The van der Waals surface area contributed by atoms with Crippen LogP contribution in [0, 0.1) is 5.82 Å². The van der Waals surface area contributed by atoms with E-state index in [0.29, 0.717) is 10.8 Å². The predicted molar refractivity (Wildman–Crippen MR) is 79.0 cm³/mol. The number of halogens is 2. The van der Waals surface area contributed by atoms with E-state index in [1.54, 1.807) is 24.3 Å². The number of carbonyl (C=O) groups excluding carboxylic acids is 2. The monoisotopic (exact) mass is 322 g/mol. The molecule has 2 rings (SSSR count). The van der Waals surface area contributed by atoms with Gasteiger partial charge in [-0.15, -0.1) is 0 Å². The zero-order chi connectivity index (χ0) is 15.9. The van der Waals surface area contributed by atoms with Crippen LogP contribution in [0.2, 0.25) is 5.02 Å². The number of hydrogen-bond donors (Lipinski definition) is 2. The molecule has 114 valence electrons. The van der Waals surface area contributed by atoms with Gasteiger partial charge in [-0.25, -0.2) is 4.39 Å². The second kappa shape index (κ2) is 7.42. The second-order valence-corrected chi connectivity index (χ2v) is 4.69. The fourth-order valence-corrected chi connectivity index (χ4v) is 1.64. The molecule has 0 fully saturated rings. The van der Waals surface area contributed by atoms with E-state index in [2.05, 4.69) is 10.9 Å². The van der Waals surface area contributed by atoms with E-state index in [-0.39, 0.29) is 12.2 Å². The third-order valence-electron chi connectivity index (χ3n) is 2.61. The Hall–Kier alpha value is -2.60. The van der Waals surface area contributed by atoms with Gasteiger partial charge >= 0.3 is 0 Å². The summed E-state index contributed by atoms with van der Waals surface area (Å²) in [6.45, 7) is -0.272. The van der Waals surface area contributed by atoms with Gasteiger partial charge in [0.2, 0.25) is 0 Å². The lowest BCUT2D eigenvalue weighted by Crippen LogP contribution is -2.43. The Bertz CT molecular complexity index is 659. The number of ether oxygens (including phenoxy) is 1. The van der Waals surface area contributed by atoms with Crippen molar-refractivity contribution in [3.05, 3.63) is 64.9 Å². The molecule has 7 heteroatoms. The molecule has 0 aliphatic carbocycles. The average molecular weight is 323 g/mol. The summed E-state index contributed by atoms with van der Waals surface area (Å²) in [6.07, 6.45) is 0. The standard InChI is InChI=1S/C15H12ClFN2O3/c16-11-3-7-13(8-4-11)22-9-14(20)18-19-15(21)10-1-5-12(17)6-2-10/h1-8H,9H2,(H,18,20)(H,19,21). The molecule has 0 spiro atoms. The minimum absolute atomic E-state index is 0.223. The lowest BCUT2D eigenvalue weighted by Gasteiger charge is -2.09. The van der Waals surface area contributed by atoms with E-state index in [1.807, 2.05) is 0 Å². The van der Waals surface area contributed by atoms with Crippen LogP contribution in [0.3, 0.4) is 0 Å². The van der Waals surface area contributed by atoms with Gasteiger partial charge < -0.3 is 4.74 Å². The second-order valence-electron chi connectivity index (χ2n) is 4.25. The van der Waals surface area contributed by atoms with Crippen LogP contribution in [0.1, 0.15) is 10.4 Å². The number of hydrogen-bond acceptors (Lipinski definition) is 3. The molecule has 0 aromatic heterocycles. The smallest absolute Gasteiger partial charge is 0.276 e. The number of rotatable bonds is 4. The molecule has 0 saturated heterocycles. The quantitative estimate of drug-likeness (QED) is 0.849. The lowest BCUT2D eigenvalue weighted by molar-refractivity contribution is -0.123. The summed E-state index contributed by atoms with van der Waals surface area (Å²) in [6, 6.07) is 11.4. The highest BCUT2D eigenvalue weighted by molar-refractivity contribution is 6.30. The first kappa shape index (κ1) is 15.8. The summed E-state index contributed by atoms with van der Waals surface area (Å²) in [5, 5.41) is 0.559. The molecule has 0 saturated carbocycles. The number of carbonyl (C=O) groups is 2. The topological polar surface area (TPSA) is 67.4 Å². The molecule has 2 amide bonds. The first-order valence-electron chi connectivity index (χ1n) is 6.28. The van der Waals surface area contributed by atoms with E-state index < -0.39 is 17.6 Å². The normalized spacial score (nSPS) is 9.91. The number of nitrogens with one attached hydrogen (secondary N) is 2. The minimum Gasteiger partial charge on any atom is -0.484 e. The van der Waals surface area contributed by atoms with Crippen LogP contribution in [-0.4, -0.2) is 18.4 Å². The Morgan fingerprint density at radius 3 is 2.27 bits per heavy atom. The van der Waals surface area contributed by atoms with Gasteiger partial charge in [-0.05, 0) is 48.5 Å². The van der Waals surface area contributed by atoms with Crippen molar-refractivity contribution in [2.24, 2.45) is 0 Å². The van der Waals surface area contributed by atoms with Crippen LogP contribution in [0.4, 0.5) is 4.39 Å². The van der Waals surface area contributed by atoms with Crippen molar-refractivity contribution in [1.82, 2.24) is 10.9 Å². The fourth-order valence-electron chi connectivity index (χ4n) is 1.52. The van der Waals surface area contributed by atoms with Crippen LogP contribution in [0.25, 0.3) is 0 Å². The lowest BCUT2D eigenvalue weighted by atomic mass is 10.2. The molecule has 0 aliphatic heterocycles. The van der Waals surface area contributed by atoms with Crippen LogP contribution >= 0.6 is 11.6 Å². The van der Waals surface area contributed by atoms with Crippen molar-refractivity contribution in [1.29, 1.82) is 0 Å². The highest BCUT2D eigenvalue weighted by Gasteiger charge is 2.08. The highest BCUT2D eigenvalue weighted by Crippen LogP contribution is 2.15. The maximum Gasteiger partial charge on any atom is 0.276 e. The summed E-state index contributed by atoms with van der Waals surface area (Å²) in [5.74, 6) is -1.06. The summed E-state index contributed by atoms with van der Waals surface area (Å²) in [5.41, 5.74) is 4.62. The van der Waals surface area contributed by atoms with Gasteiger partial charge in [0.1, 0.15) is 11.6 Å². The van der Waals surface area contributed by atoms with E-state index in [9.17, 15) is 14.0 Å². The van der Waals surface area contributed by atoms with Gasteiger partial charge in [0.25, 0.3) is 11.8 Å². The third-order valence-corrected chi connectivity index (χ3v) is 2.86. The Kier molecular flexibility index (Phi) is 5.32. The van der Waals surface area contributed by atoms with Crippen molar-refractivity contribution in [3.8, 4) is 5.75 Å². The van der Waals surface area contributed by atoms with Crippen LogP contribution < -0.4 is 15.6 Å². The van der Waals surface area contributed by atoms with Crippen LogP contribution in [0.5, 0.6) is 5.75 Å². The van der Waals surface area contributed by atoms with Crippen molar-refractivity contribution < 1.29 is 18.7 Å². The summed E-state index contributed by atoms with van der Waals surface area (Å²) >= 11 is 5.72. The first-order valence-corrected chi connectivity index (χ1v) is 6.65. The Balaban J connectivity index is 1.76. The summed E-state index contributed by atoms with van der Waals surface area (Å²) in [7, 11) is 0. The SMILES string of the molecule is O=C(COc1ccc(Cl)cc1)NNC(=O)c1ccc(F)cc1. The molecule has 2 N–H and O–H groups in total. The van der Waals surface area contributed by atoms with Crippen LogP contribution in [-0.2, 0) is 4.79 Å². The zero-order valence-corrected chi connectivity index (χ0v) is 12.1. The number of hydrazine groups is 1. The maximum absolute atomic E-state index is 12.7. The summed E-state index contributed by atoms with van der Waals surface area (Å²) < 4.78 is 17.9. The Morgan fingerprint density at radius 1 is 1.00 bits per heavy atom. The Labute approximate surface area is 131 Å². The van der Waals surface area contributed by atoms with Gasteiger partial charge in [0.05, 0.1) is 0 Å². The molecule has 0 bridgehead atoms. The molecule has 0 heterocycles. The van der Waals surface area contributed by atoms with Crippen molar-refractivity contribution in [2.75, 3.05) is 6.61 Å². The average Bonchev–Trinajstić information content (AvgIpc) is 2.52. The number of amides is 2. The molecular formula is C15H12ClFN2O3. The predicted octanol–water partition coefficient (Wildman–Crippen LogP) is 2.32. The number of benzene rings is 2. The summed E-state index contributed by atoms with van der Waals surface area (Å²) in [4.78, 5) is 23.2. The molecule has 22 heavy (non-hydrogen) atoms. The Morgan fingerprint density at radius 2 is 1.64 bits per heavy atom. The molecule has 0 atom stereocenters. The maximum atomic E-state index is 12.7. The van der Waals surface area contributed by atoms with Gasteiger partial charge in [-0.2, -0.15) is 0 Å². The zero-order valence-electron chi connectivity index (χ0n) is 11.3. The van der Waals surface area contributed by atoms with E-state index in [0.717, 1.165) is 12.1 Å². The largest absolute Gasteiger partial charge is 0.484 e. The van der Waals surface area contributed by atoms with Gasteiger partial charge in [-0.3, -0.25) is 20.4 Å². The third kappa shape index (κ3) is 4.75. The molecule has 0 unspecified atom stereocenters.